The van der Waals surface area contributed by atoms with Gasteiger partial charge in [-0.15, -0.1) is 0 Å². The number of aliphatic hydroxyl groups is 1. The summed E-state index contributed by atoms with van der Waals surface area (Å²) >= 11 is 0. The maximum absolute atomic E-state index is 8.52. The van der Waals surface area contributed by atoms with Crippen LogP contribution in [0.4, 0.5) is 0 Å². The SMILES string of the molecule is CCC.CNCCC(C)CCO. The molecule has 0 fully saturated rings. The minimum atomic E-state index is 0.324. The van der Waals surface area contributed by atoms with Crippen LogP contribution in [-0.2, 0) is 0 Å². The molecule has 76 valence electrons. The van der Waals surface area contributed by atoms with E-state index in [4.69, 9.17) is 5.11 Å². The van der Waals surface area contributed by atoms with Gasteiger partial charge in [0.2, 0.25) is 0 Å². The third-order valence-corrected chi connectivity index (χ3v) is 1.51. The molecule has 12 heavy (non-hydrogen) atoms. The maximum atomic E-state index is 8.52. The van der Waals surface area contributed by atoms with E-state index in [1.54, 1.807) is 0 Å². The highest BCUT2D eigenvalue weighted by atomic mass is 16.3. The second-order valence-corrected chi connectivity index (χ2v) is 3.22. The zero-order chi connectivity index (χ0) is 9.82. The standard InChI is InChI=1S/C7H17NO.C3H8/c1-7(4-6-9)3-5-8-2;1-3-2/h7-9H,3-6H2,1-2H3;3H2,1-2H3. The highest BCUT2D eigenvalue weighted by molar-refractivity contribution is 4.52. The van der Waals surface area contributed by atoms with E-state index in [-0.39, 0.29) is 0 Å². The summed E-state index contributed by atoms with van der Waals surface area (Å²) in [7, 11) is 1.95. The van der Waals surface area contributed by atoms with Crippen molar-refractivity contribution in [1.82, 2.24) is 5.32 Å². The first-order valence-electron chi connectivity index (χ1n) is 4.98. The Hall–Kier alpha value is -0.0800. The molecule has 0 aromatic heterocycles. The monoisotopic (exact) mass is 175 g/mol. The average Bonchev–Trinajstić information content (AvgIpc) is 2.03. The molecule has 2 N–H and O–H groups in total. The van der Waals surface area contributed by atoms with E-state index in [1.807, 2.05) is 7.05 Å². The Morgan fingerprint density at radius 2 is 1.75 bits per heavy atom. The normalized spacial score (nSPS) is 11.8. The summed E-state index contributed by atoms with van der Waals surface area (Å²) in [5.41, 5.74) is 0. The van der Waals surface area contributed by atoms with Gasteiger partial charge in [0.05, 0.1) is 0 Å². The van der Waals surface area contributed by atoms with Crippen molar-refractivity contribution in [3.63, 3.8) is 0 Å². The van der Waals surface area contributed by atoms with Gasteiger partial charge in [-0.25, -0.2) is 0 Å². The second kappa shape index (κ2) is 13.5. The van der Waals surface area contributed by atoms with E-state index < -0.39 is 0 Å². The van der Waals surface area contributed by atoms with Gasteiger partial charge in [0.15, 0.2) is 0 Å². The van der Waals surface area contributed by atoms with E-state index in [2.05, 4.69) is 26.1 Å². The summed E-state index contributed by atoms with van der Waals surface area (Å²) in [4.78, 5) is 0. The van der Waals surface area contributed by atoms with E-state index >= 15 is 0 Å². The van der Waals surface area contributed by atoms with Crippen LogP contribution in [0, 0.1) is 5.92 Å². The van der Waals surface area contributed by atoms with E-state index in [9.17, 15) is 0 Å². The molecule has 1 atom stereocenters. The molecule has 0 rings (SSSR count). The summed E-state index contributed by atoms with van der Waals surface area (Å²) < 4.78 is 0. The highest BCUT2D eigenvalue weighted by Gasteiger charge is 1.97. The first-order valence-corrected chi connectivity index (χ1v) is 4.98. The first kappa shape index (κ1) is 14.4. The second-order valence-electron chi connectivity index (χ2n) is 3.22. The summed E-state index contributed by atoms with van der Waals surface area (Å²) in [5.74, 6) is 0.655. The minimum absolute atomic E-state index is 0.324. The lowest BCUT2D eigenvalue weighted by Gasteiger charge is -2.07. The molecule has 0 saturated carbocycles. The van der Waals surface area contributed by atoms with Crippen LogP contribution in [-0.4, -0.2) is 25.3 Å². The Balaban J connectivity index is 0. The number of rotatable bonds is 5. The molecule has 0 amide bonds. The first-order chi connectivity index (χ1) is 5.72. The van der Waals surface area contributed by atoms with Gasteiger partial charge < -0.3 is 10.4 Å². The van der Waals surface area contributed by atoms with Gasteiger partial charge in [0, 0.05) is 6.61 Å². The van der Waals surface area contributed by atoms with Gasteiger partial charge in [0.25, 0.3) is 0 Å². The van der Waals surface area contributed by atoms with Gasteiger partial charge in [0.1, 0.15) is 0 Å². The molecule has 0 radical (unpaired) electrons. The van der Waals surface area contributed by atoms with Crippen molar-refractivity contribution in [2.75, 3.05) is 20.2 Å². The van der Waals surface area contributed by atoms with E-state index in [1.165, 1.54) is 6.42 Å². The molecule has 0 aromatic rings. The van der Waals surface area contributed by atoms with Gasteiger partial charge >= 0.3 is 0 Å². The van der Waals surface area contributed by atoms with Crippen LogP contribution in [0.5, 0.6) is 0 Å². The number of hydrogen-bond acceptors (Lipinski definition) is 2. The van der Waals surface area contributed by atoms with Crippen molar-refractivity contribution in [2.24, 2.45) is 5.92 Å². The van der Waals surface area contributed by atoms with Crippen LogP contribution < -0.4 is 5.32 Å². The zero-order valence-electron chi connectivity index (χ0n) is 9.06. The molecule has 0 spiro atoms. The molecule has 0 saturated heterocycles. The third-order valence-electron chi connectivity index (χ3n) is 1.51. The third kappa shape index (κ3) is 16.5. The van der Waals surface area contributed by atoms with Crippen molar-refractivity contribution >= 4 is 0 Å². The molecule has 0 aliphatic carbocycles. The molecule has 0 aromatic carbocycles. The fraction of sp³-hybridized carbons (Fsp3) is 1.00. The van der Waals surface area contributed by atoms with Gasteiger partial charge in [-0.3, -0.25) is 0 Å². The molecule has 1 unspecified atom stereocenters. The molecule has 2 heteroatoms. The molecule has 0 aliphatic heterocycles. The zero-order valence-corrected chi connectivity index (χ0v) is 9.06. The number of aliphatic hydroxyl groups excluding tert-OH is 1. The van der Waals surface area contributed by atoms with Crippen LogP contribution >= 0.6 is 0 Å². The van der Waals surface area contributed by atoms with Gasteiger partial charge in [-0.05, 0) is 32.4 Å². The average molecular weight is 175 g/mol. The highest BCUT2D eigenvalue weighted by Crippen LogP contribution is 2.03. The van der Waals surface area contributed by atoms with E-state index in [0.717, 1.165) is 19.4 Å². The number of hydrogen-bond donors (Lipinski definition) is 2. The van der Waals surface area contributed by atoms with Crippen molar-refractivity contribution < 1.29 is 5.11 Å². The van der Waals surface area contributed by atoms with Crippen molar-refractivity contribution in [3.05, 3.63) is 0 Å². The van der Waals surface area contributed by atoms with Crippen molar-refractivity contribution in [1.29, 1.82) is 0 Å². The fourth-order valence-electron chi connectivity index (χ4n) is 0.755. The van der Waals surface area contributed by atoms with E-state index in [0.29, 0.717) is 12.5 Å². The summed E-state index contributed by atoms with van der Waals surface area (Å²) in [6, 6.07) is 0. The lowest BCUT2D eigenvalue weighted by molar-refractivity contribution is 0.258. The fourth-order valence-corrected chi connectivity index (χ4v) is 0.755. The topological polar surface area (TPSA) is 32.3 Å². The molecule has 0 bridgehead atoms. The van der Waals surface area contributed by atoms with Crippen LogP contribution in [0.2, 0.25) is 0 Å². The van der Waals surface area contributed by atoms with Crippen LogP contribution in [0.15, 0.2) is 0 Å². The Labute approximate surface area is 77.4 Å². The predicted octanol–water partition coefficient (Wildman–Crippen LogP) is 2.03. The predicted molar refractivity (Wildman–Crippen MR) is 55.4 cm³/mol. The van der Waals surface area contributed by atoms with Gasteiger partial charge in [-0.1, -0.05) is 27.2 Å². The van der Waals surface area contributed by atoms with Gasteiger partial charge in [-0.2, -0.15) is 0 Å². The summed E-state index contributed by atoms with van der Waals surface area (Å²) in [5, 5.41) is 11.6. The Morgan fingerprint density at radius 3 is 2.08 bits per heavy atom. The lowest BCUT2D eigenvalue weighted by atomic mass is 10.1. The number of nitrogens with one attached hydrogen (secondary N) is 1. The smallest absolute Gasteiger partial charge is 0.0433 e. The minimum Gasteiger partial charge on any atom is -0.396 e. The molecular formula is C10H25NO. The molecular weight excluding hydrogens is 150 g/mol. The molecule has 2 nitrogen and oxygen atoms in total. The van der Waals surface area contributed by atoms with Crippen LogP contribution in [0.25, 0.3) is 0 Å². The molecule has 0 heterocycles. The Bertz CT molecular complexity index is 66.9. The Morgan fingerprint density at radius 1 is 1.25 bits per heavy atom. The quantitative estimate of drug-likeness (QED) is 0.670. The van der Waals surface area contributed by atoms with Crippen molar-refractivity contribution in [3.8, 4) is 0 Å². The largest absolute Gasteiger partial charge is 0.396 e. The lowest BCUT2D eigenvalue weighted by Crippen LogP contribution is -2.12. The van der Waals surface area contributed by atoms with Crippen molar-refractivity contribution in [2.45, 2.75) is 40.0 Å². The Kier molecular flexibility index (Phi) is 16.3. The van der Waals surface area contributed by atoms with Crippen LogP contribution in [0.3, 0.4) is 0 Å². The van der Waals surface area contributed by atoms with Crippen LogP contribution in [0.1, 0.15) is 40.0 Å². The summed E-state index contributed by atoms with van der Waals surface area (Å²) in [6.07, 6.45) is 3.35. The maximum Gasteiger partial charge on any atom is 0.0433 e. The summed E-state index contributed by atoms with van der Waals surface area (Å²) in [6.45, 7) is 7.79. The molecule has 0 aliphatic rings.